The molecular formula is C18H18N2O2. The lowest BCUT2D eigenvalue weighted by Gasteiger charge is -2.30. The summed E-state index contributed by atoms with van der Waals surface area (Å²) in [5.74, 6) is 0.226. The fourth-order valence-corrected chi connectivity index (χ4v) is 3.73. The van der Waals surface area contributed by atoms with Gasteiger partial charge in [0.1, 0.15) is 0 Å². The van der Waals surface area contributed by atoms with Crippen LogP contribution in [0.2, 0.25) is 0 Å². The van der Waals surface area contributed by atoms with E-state index in [9.17, 15) is 9.90 Å². The number of anilines is 1. The van der Waals surface area contributed by atoms with Crippen LogP contribution < -0.4 is 10.6 Å². The lowest BCUT2D eigenvalue weighted by Crippen LogP contribution is -2.36. The number of nitrogens with two attached hydrogens (primary N) is 1. The average molecular weight is 294 g/mol. The minimum absolute atomic E-state index is 0.00598. The summed E-state index contributed by atoms with van der Waals surface area (Å²) in [7, 11) is 0. The molecule has 2 aromatic carbocycles. The van der Waals surface area contributed by atoms with Crippen molar-refractivity contribution < 1.29 is 9.90 Å². The van der Waals surface area contributed by atoms with Crippen molar-refractivity contribution in [2.45, 2.75) is 24.5 Å². The molecule has 4 heteroatoms. The summed E-state index contributed by atoms with van der Waals surface area (Å²) in [6.07, 6.45) is 0.0713. The Morgan fingerprint density at radius 1 is 1.14 bits per heavy atom. The Morgan fingerprint density at radius 3 is 2.68 bits per heavy atom. The van der Waals surface area contributed by atoms with E-state index in [1.807, 2.05) is 53.4 Å². The van der Waals surface area contributed by atoms with Crippen molar-refractivity contribution in [3.63, 3.8) is 0 Å². The zero-order valence-corrected chi connectivity index (χ0v) is 12.1. The standard InChI is InChI=1S/C18H18N2O2/c19-14-9-12-10-20(18(22)11-5-2-1-3-6-11)15-8-4-7-13(16(12)15)17(14)21/h1-8,12,14,17,21H,9-10,19H2. The van der Waals surface area contributed by atoms with Gasteiger partial charge in [-0.2, -0.15) is 0 Å². The van der Waals surface area contributed by atoms with E-state index in [0.717, 1.165) is 16.8 Å². The van der Waals surface area contributed by atoms with Crippen LogP contribution in [0.5, 0.6) is 0 Å². The second-order valence-corrected chi connectivity index (χ2v) is 6.10. The highest BCUT2D eigenvalue weighted by molar-refractivity contribution is 6.07. The van der Waals surface area contributed by atoms with E-state index in [4.69, 9.17) is 5.73 Å². The predicted octanol–water partition coefficient (Wildman–Crippen LogP) is 2.19. The number of aliphatic hydroxyl groups excluding tert-OH is 1. The third-order valence-corrected chi connectivity index (χ3v) is 4.77. The monoisotopic (exact) mass is 294 g/mol. The fraction of sp³-hybridized carbons (Fsp3) is 0.278. The van der Waals surface area contributed by atoms with Crippen LogP contribution >= 0.6 is 0 Å². The van der Waals surface area contributed by atoms with Gasteiger partial charge in [-0.15, -0.1) is 0 Å². The molecule has 4 rings (SSSR count). The average Bonchev–Trinajstić information content (AvgIpc) is 2.92. The Labute approximate surface area is 129 Å². The Morgan fingerprint density at radius 2 is 1.91 bits per heavy atom. The van der Waals surface area contributed by atoms with Crippen molar-refractivity contribution in [1.29, 1.82) is 0 Å². The highest BCUT2D eigenvalue weighted by Gasteiger charge is 2.41. The molecule has 0 radical (unpaired) electrons. The predicted molar refractivity (Wildman–Crippen MR) is 84.9 cm³/mol. The van der Waals surface area contributed by atoms with Gasteiger partial charge in [0.05, 0.1) is 6.10 Å². The van der Waals surface area contributed by atoms with Crippen molar-refractivity contribution in [2.24, 2.45) is 5.73 Å². The maximum absolute atomic E-state index is 12.8. The number of rotatable bonds is 1. The summed E-state index contributed by atoms with van der Waals surface area (Å²) in [6, 6.07) is 14.8. The molecule has 1 heterocycles. The molecule has 0 saturated heterocycles. The van der Waals surface area contributed by atoms with Crippen molar-refractivity contribution in [3.8, 4) is 0 Å². The van der Waals surface area contributed by atoms with Gasteiger partial charge in [0.25, 0.3) is 5.91 Å². The summed E-state index contributed by atoms with van der Waals surface area (Å²) >= 11 is 0. The number of aliphatic hydroxyl groups is 1. The number of carbonyl (C=O) groups is 1. The lowest BCUT2D eigenvalue weighted by atomic mass is 9.80. The molecule has 0 aromatic heterocycles. The molecule has 3 N–H and O–H groups in total. The first-order chi connectivity index (χ1) is 10.7. The van der Waals surface area contributed by atoms with E-state index < -0.39 is 6.10 Å². The van der Waals surface area contributed by atoms with Crippen LogP contribution in [0.25, 0.3) is 0 Å². The first-order valence-corrected chi connectivity index (χ1v) is 7.60. The topological polar surface area (TPSA) is 66.6 Å². The molecule has 1 aliphatic carbocycles. The highest BCUT2D eigenvalue weighted by Crippen LogP contribution is 2.47. The fourth-order valence-electron chi connectivity index (χ4n) is 3.73. The summed E-state index contributed by atoms with van der Waals surface area (Å²) in [4.78, 5) is 14.6. The molecule has 3 unspecified atom stereocenters. The number of carbonyl (C=O) groups excluding carboxylic acids is 1. The van der Waals surface area contributed by atoms with E-state index in [2.05, 4.69) is 0 Å². The lowest BCUT2D eigenvalue weighted by molar-refractivity contribution is 0.0986. The summed E-state index contributed by atoms with van der Waals surface area (Å²) < 4.78 is 0. The molecular weight excluding hydrogens is 276 g/mol. The summed E-state index contributed by atoms with van der Waals surface area (Å²) in [5, 5.41) is 10.3. The van der Waals surface area contributed by atoms with Crippen LogP contribution in [0.15, 0.2) is 48.5 Å². The largest absolute Gasteiger partial charge is 0.387 e. The molecule has 2 aromatic rings. The minimum Gasteiger partial charge on any atom is -0.387 e. The maximum Gasteiger partial charge on any atom is 0.258 e. The zero-order chi connectivity index (χ0) is 15.3. The quantitative estimate of drug-likeness (QED) is 0.847. The van der Waals surface area contributed by atoms with Crippen LogP contribution in [0.1, 0.15) is 39.9 Å². The number of hydrogen-bond donors (Lipinski definition) is 2. The zero-order valence-electron chi connectivity index (χ0n) is 12.1. The number of amides is 1. The molecule has 1 aliphatic heterocycles. The molecule has 0 saturated carbocycles. The van der Waals surface area contributed by atoms with Crippen molar-refractivity contribution in [2.75, 3.05) is 11.4 Å². The molecule has 0 bridgehead atoms. The normalized spacial score (nSPS) is 25.9. The van der Waals surface area contributed by atoms with E-state index in [0.29, 0.717) is 18.5 Å². The van der Waals surface area contributed by atoms with Gasteiger partial charge in [0.2, 0.25) is 0 Å². The van der Waals surface area contributed by atoms with Crippen LogP contribution in [0.3, 0.4) is 0 Å². The van der Waals surface area contributed by atoms with E-state index >= 15 is 0 Å². The Bertz CT molecular complexity index is 729. The second-order valence-electron chi connectivity index (χ2n) is 6.10. The Kier molecular flexibility index (Phi) is 3.03. The van der Waals surface area contributed by atoms with Gasteiger partial charge in [0, 0.05) is 29.8 Å². The molecule has 2 aliphatic rings. The van der Waals surface area contributed by atoms with Gasteiger partial charge in [-0.25, -0.2) is 0 Å². The molecule has 4 nitrogen and oxygen atoms in total. The first kappa shape index (κ1) is 13.5. The molecule has 22 heavy (non-hydrogen) atoms. The highest BCUT2D eigenvalue weighted by atomic mass is 16.3. The van der Waals surface area contributed by atoms with Gasteiger partial charge in [-0.05, 0) is 35.7 Å². The third kappa shape index (κ3) is 1.88. The van der Waals surface area contributed by atoms with E-state index in [1.54, 1.807) is 0 Å². The van der Waals surface area contributed by atoms with Gasteiger partial charge in [0.15, 0.2) is 0 Å². The maximum atomic E-state index is 12.8. The minimum atomic E-state index is -0.641. The van der Waals surface area contributed by atoms with Crippen molar-refractivity contribution in [3.05, 3.63) is 65.2 Å². The van der Waals surface area contributed by atoms with Gasteiger partial charge >= 0.3 is 0 Å². The van der Waals surface area contributed by atoms with Crippen LogP contribution in [0.4, 0.5) is 5.69 Å². The molecule has 0 spiro atoms. The summed E-state index contributed by atoms with van der Waals surface area (Å²) in [6.45, 7) is 0.639. The van der Waals surface area contributed by atoms with Crippen molar-refractivity contribution >= 4 is 11.6 Å². The molecule has 112 valence electrons. The molecule has 1 amide bonds. The van der Waals surface area contributed by atoms with E-state index in [1.165, 1.54) is 0 Å². The second kappa shape index (κ2) is 4.93. The van der Waals surface area contributed by atoms with Crippen molar-refractivity contribution in [1.82, 2.24) is 0 Å². The molecule has 0 fully saturated rings. The van der Waals surface area contributed by atoms with Crippen LogP contribution in [0, 0.1) is 0 Å². The first-order valence-electron chi connectivity index (χ1n) is 7.60. The Hall–Kier alpha value is -2.17. The van der Waals surface area contributed by atoms with E-state index in [-0.39, 0.29) is 17.9 Å². The van der Waals surface area contributed by atoms with Gasteiger partial charge in [-0.3, -0.25) is 4.79 Å². The van der Waals surface area contributed by atoms with Crippen LogP contribution in [-0.4, -0.2) is 23.6 Å². The SMILES string of the molecule is NC1CC2CN(C(=O)c3ccccc3)c3cccc(c32)C1O. The number of benzene rings is 2. The molecule has 3 atom stereocenters. The number of nitrogens with zero attached hydrogens (tertiary/aromatic N) is 1. The smallest absolute Gasteiger partial charge is 0.258 e. The van der Waals surface area contributed by atoms with Crippen LogP contribution in [-0.2, 0) is 0 Å². The Balaban J connectivity index is 1.78. The number of hydrogen-bond acceptors (Lipinski definition) is 3. The summed E-state index contributed by atoms with van der Waals surface area (Å²) in [5.41, 5.74) is 9.64. The van der Waals surface area contributed by atoms with Gasteiger partial charge < -0.3 is 15.7 Å². The third-order valence-electron chi connectivity index (χ3n) is 4.77. The van der Waals surface area contributed by atoms with Gasteiger partial charge in [-0.1, -0.05) is 30.3 Å².